The van der Waals surface area contributed by atoms with Crippen LogP contribution in [0.5, 0.6) is 5.75 Å². The molecule has 1 fully saturated rings. The molecule has 0 bridgehead atoms. The van der Waals surface area contributed by atoms with Gasteiger partial charge in [-0.3, -0.25) is 9.59 Å². The first kappa shape index (κ1) is 21.5. The van der Waals surface area contributed by atoms with Gasteiger partial charge in [0.05, 0.1) is 19.3 Å². The van der Waals surface area contributed by atoms with Crippen molar-refractivity contribution in [3.05, 3.63) is 95.1 Å². The van der Waals surface area contributed by atoms with E-state index in [9.17, 15) is 18.4 Å². The lowest BCUT2D eigenvalue weighted by molar-refractivity contribution is -0.123. The summed E-state index contributed by atoms with van der Waals surface area (Å²) < 4.78 is 32.7. The SMILES string of the molecule is COc1ccc2c(c1)[C@]1(SCCN1C(=O)c1ccccc1)C(=O)N2Cc1ccc(F)c(F)c1. The molecule has 5 nitrogen and oxygen atoms in total. The zero-order valence-corrected chi connectivity index (χ0v) is 18.6. The van der Waals surface area contributed by atoms with Crippen LogP contribution >= 0.6 is 11.8 Å². The number of hydrogen-bond donors (Lipinski definition) is 0. The van der Waals surface area contributed by atoms with Crippen LogP contribution in [0.15, 0.2) is 66.7 Å². The number of ether oxygens (including phenoxy) is 1. The maximum absolute atomic E-state index is 14.0. The van der Waals surface area contributed by atoms with Gasteiger partial charge in [-0.05, 0) is 48.0 Å². The third kappa shape index (κ3) is 3.36. The van der Waals surface area contributed by atoms with Gasteiger partial charge in [-0.15, -0.1) is 11.8 Å². The Morgan fingerprint density at radius 1 is 1.06 bits per heavy atom. The number of thioether (sulfide) groups is 1. The molecule has 2 aliphatic heterocycles. The molecule has 2 heterocycles. The minimum atomic E-state index is -1.25. The number of carbonyl (C=O) groups is 2. The van der Waals surface area contributed by atoms with E-state index in [0.717, 1.165) is 12.1 Å². The maximum atomic E-state index is 14.0. The Morgan fingerprint density at radius 3 is 2.58 bits per heavy atom. The molecule has 0 radical (unpaired) electrons. The van der Waals surface area contributed by atoms with Crippen molar-refractivity contribution >= 4 is 29.3 Å². The minimum Gasteiger partial charge on any atom is -0.497 e. The number of benzene rings is 3. The van der Waals surface area contributed by atoms with E-state index >= 15 is 0 Å². The molecule has 0 saturated carbocycles. The third-order valence-corrected chi connectivity index (χ3v) is 7.41. The lowest BCUT2D eigenvalue weighted by Crippen LogP contribution is -2.50. The summed E-state index contributed by atoms with van der Waals surface area (Å²) in [5.41, 5.74) is 2.22. The number of halogens is 2. The van der Waals surface area contributed by atoms with E-state index in [4.69, 9.17) is 4.74 Å². The van der Waals surface area contributed by atoms with Crippen molar-refractivity contribution in [1.29, 1.82) is 0 Å². The van der Waals surface area contributed by atoms with Gasteiger partial charge in [0.15, 0.2) is 16.5 Å². The van der Waals surface area contributed by atoms with Crippen molar-refractivity contribution in [2.45, 2.75) is 11.4 Å². The van der Waals surface area contributed by atoms with Crippen molar-refractivity contribution < 1.29 is 23.1 Å². The van der Waals surface area contributed by atoms with Gasteiger partial charge in [0.25, 0.3) is 11.8 Å². The second-order valence-electron chi connectivity index (χ2n) is 7.84. The van der Waals surface area contributed by atoms with Crippen molar-refractivity contribution in [1.82, 2.24) is 4.90 Å². The molecule has 3 aromatic rings. The van der Waals surface area contributed by atoms with Crippen LogP contribution in [0.3, 0.4) is 0 Å². The normalized spacial score (nSPS) is 19.3. The number of amides is 2. The molecular weight excluding hydrogens is 446 g/mol. The lowest BCUT2D eigenvalue weighted by Gasteiger charge is -2.33. The predicted molar refractivity (Wildman–Crippen MR) is 122 cm³/mol. The highest BCUT2D eigenvalue weighted by atomic mass is 32.2. The summed E-state index contributed by atoms with van der Waals surface area (Å²) in [6, 6.07) is 17.7. The number of fused-ring (bicyclic) bond motifs is 2. The van der Waals surface area contributed by atoms with Gasteiger partial charge in [0.1, 0.15) is 5.75 Å². The standard InChI is InChI=1S/C25H20F2N2O3S/c1-32-18-8-10-22-19(14-18)25(24(31)28(22)15-16-7-9-20(26)21(27)13-16)29(11-12-33-25)23(30)17-5-3-2-4-6-17/h2-10,13-14H,11-12,15H2,1H3/t25-/m0/s1. The second-order valence-corrected chi connectivity index (χ2v) is 9.13. The van der Waals surface area contributed by atoms with Gasteiger partial charge in [-0.1, -0.05) is 24.3 Å². The molecular formula is C25H20F2N2O3S. The fourth-order valence-electron chi connectivity index (χ4n) is 4.44. The lowest BCUT2D eigenvalue weighted by atomic mass is 10.0. The third-order valence-electron chi connectivity index (χ3n) is 5.99. The predicted octanol–water partition coefficient (Wildman–Crippen LogP) is 4.56. The van der Waals surface area contributed by atoms with Crippen LogP contribution < -0.4 is 9.64 Å². The molecule has 5 rings (SSSR count). The van der Waals surface area contributed by atoms with Crippen molar-refractivity contribution in [2.24, 2.45) is 0 Å². The van der Waals surface area contributed by atoms with Crippen molar-refractivity contribution in [3.63, 3.8) is 0 Å². The molecule has 8 heteroatoms. The summed E-state index contributed by atoms with van der Waals surface area (Å²) in [6.07, 6.45) is 0. The quantitative estimate of drug-likeness (QED) is 0.566. The van der Waals surface area contributed by atoms with Crippen LogP contribution in [-0.4, -0.2) is 36.1 Å². The fourth-order valence-corrected chi connectivity index (χ4v) is 5.89. The zero-order chi connectivity index (χ0) is 23.2. The Hall–Kier alpha value is -3.39. The first-order valence-corrected chi connectivity index (χ1v) is 11.4. The number of hydrogen-bond acceptors (Lipinski definition) is 4. The van der Waals surface area contributed by atoms with E-state index in [1.807, 2.05) is 6.07 Å². The van der Waals surface area contributed by atoms with E-state index in [1.54, 1.807) is 54.5 Å². The van der Waals surface area contributed by atoms with Crippen LogP contribution in [0.2, 0.25) is 0 Å². The molecule has 168 valence electrons. The summed E-state index contributed by atoms with van der Waals surface area (Å²) in [4.78, 5) is 29.4. The van der Waals surface area contributed by atoms with Crippen LogP contribution in [-0.2, 0) is 16.2 Å². The molecule has 0 unspecified atom stereocenters. The largest absolute Gasteiger partial charge is 0.497 e. The summed E-state index contributed by atoms with van der Waals surface area (Å²) in [5, 5.41) is 0. The summed E-state index contributed by atoms with van der Waals surface area (Å²) >= 11 is 1.40. The molecule has 2 aliphatic rings. The van der Waals surface area contributed by atoms with Gasteiger partial charge in [0.2, 0.25) is 0 Å². The van der Waals surface area contributed by atoms with Crippen LogP contribution in [0.4, 0.5) is 14.5 Å². The number of anilines is 1. The molecule has 3 aromatic carbocycles. The Kier molecular flexibility index (Phi) is 5.32. The number of rotatable bonds is 4. The fraction of sp³-hybridized carbons (Fsp3) is 0.200. The number of carbonyl (C=O) groups excluding carboxylic acids is 2. The molecule has 33 heavy (non-hydrogen) atoms. The van der Waals surface area contributed by atoms with Crippen LogP contribution in [0, 0.1) is 11.6 Å². The Morgan fingerprint density at radius 2 is 1.85 bits per heavy atom. The molecule has 1 saturated heterocycles. The van der Waals surface area contributed by atoms with Gasteiger partial charge in [-0.25, -0.2) is 8.78 Å². The summed E-state index contributed by atoms with van der Waals surface area (Å²) in [6.45, 7) is 0.449. The Bertz CT molecular complexity index is 1250. The van der Waals surface area contributed by atoms with Gasteiger partial charge < -0.3 is 14.5 Å². The second kappa shape index (κ2) is 8.19. The first-order valence-electron chi connectivity index (χ1n) is 10.4. The highest BCUT2D eigenvalue weighted by Crippen LogP contribution is 2.55. The molecule has 0 aromatic heterocycles. The van der Waals surface area contributed by atoms with E-state index in [-0.39, 0.29) is 18.4 Å². The maximum Gasteiger partial charge on any atom is 0.268 e. The Balaban J connectivity index is 1.61. The van der Waals surface area contributed by atoms with Gasteiger partial charge in [-0.2, -0.15) is 0 Å². The minimum absolute atomic E-state index is 0.0467. The van der Waals surface area contributed by atoms with Gasteiger partial charge in [0, 0.05) is 23.4 Å². The number of nitrogens with zero attached hydrogens (tertiary/aromatic N) is 2. The van der Waals surface area contributed by atoms with E-state index in [1.165, 1.54) is 22.7 Å². The van der Waals surface area contributed by atoms with Gasteiger partial charge >= 0.3 is 0 Å². The topological polar surface area (TPSA) is 49.9 Å². The first-order chi connectivity index (χ1) is 16.0. The average molecular weight is 467 g/mol. The zero-order valence-electron chi connectivity index (χ0n) is 17.8. The monoisotopic (exact) mass is 466 g/mol. The molecule has 1 spiro atoms. The van der Waals surface area contributed by atoms with E-state index < -0.39 is 16.5 Å². The summed E-state index contributed by atoms with van der Waals surface area (Å²) in [5.74, 6) is -1.30. The van der Waals surface area contributed by atoms with E-state index in [2.05, 4.69) is 0 Å². The average Bonchev–Trinajstić information content (AvgIpc) is 3.38. The Labute approximate surface area is 193 Å². The van der Waals surface area contributed by atoms with Crippen LogP contribution in [0.25, 0.3) is 0 Å². The highest BCUT2D eigenvalue weighted by molar-refractivity contribution is 8.01. The van der Waals surface area contributed by atoms with Crippen molar-refractivity contribution in [2.75, 3.05) is 24.3 Å². The molecule has 0 N–H and O–H groups in total. The molecule has 0 aliphatic carbocycles. The highest BCUT2D eigenvalue weighted by Gasteiger charge is 2.59. The molecule has 1 atom stereocenters. The summed E-state index contributed by atoms with van der Waals surface area (Å²) in [7, 11) is 1.54. The smallest absolute Gasteiger partial charge is 0.268 e. The molecule has 2 amide bonds. The van der Waals surface area contributed by atoms with Crippen molar-refractivity contribution in [3.8, 4) is 5.75 Å². The van der Waals surface area contributed by atoms with Crippen LogP contribution in [0.1, 0.15) is 21.5 Å². The van der Waals surface area contributed by atoms with E-state index in [0.29, 0.717) is 40.4 Å². The number of methoxy groups -OCH3 is 1.